The molecule has 30 heavy (non-hydrogen) atoms. The van der Waals surface area contributed by atoms with Crippen LogP contribution in [-0.4, -0.2) is 35.2 Å². The number of allylic oxidation sites excluding steroid dienone is 2. The van der Waals surface area contributed by atoms with E-state index in [9.17, 15) is 24.5 Å². The monoisotopic (exact) mass is 410 g/mol. The summed E-state index contributed by atoms with van der Waals surface area (Å²) in [6.07, 6.45) is 7.11. The predicted octanol–water partition coefficient (Wildman–Crippen LogP) is 1.99. The molecule has 2 aliphatic heterocycles. The molecule has 9 nitrogen and oxygen atoms in total. The molecular formula is C21H22N4O5. The summed E-state index contributed by atoms with van der Waals surface area (Å²) in [4.78, 5) is 50.4. The van der Waals surface area contributed by atoms with E-state index in [1.54, 1.807) is 0 Å². The van der Waals surface area contributed by atoms with Crippen molar-refractivity contribution >= 4 is 34.8 Å². The summed E-state index contributed by atoms with van der Waals surface area (Å²) < 4.78 is 0. The smallest absolute Gasteiger partial charge is 0.294 e. The molecule has 0 unspecified atom stereocenters. The SMILES string of the molecule is O=C1NCCCC[C@@H]1Nc1ccc(N2C(=O)[C@@H]3[C@H](C2=O)[C@H]2C=C[C@H]3C2)cc1[N+](=O)[O-]. The van der Waals surface area contributed by atoms with Crippen LogP contribution in [0.4, 0.5) is 17.1 Å². The summed E-state index contributed by atoms with van der Waals surface area (Å²) in [6, 6.07) is 3.71. The molecule has 156 valence electrons. The first-order valence-corrected chi connectivity index (χ1v) is 10.3. The first kappa shape index (κ1) is 18.8. The van der Waals surface area contributed by atoms with Gasteiger partial charge in [-0.2, -0.15) is 0 Å². The number of nitrogens with one attached hydrogen (secondary N) is 2. The number of rotatable bonds is 4. The van der Waals surface area contributed by atoms with E-state index in [4.69, 9.17) is 0 Å². The first-order valence-electron chi connectivity index (χ1n) is 10.3. The van der Waals surface area contributed by atoms with E-state index in [1.807, 2.05) is 12.2 Å². The zero-order valence-electron chi connectivity index (χ0n) is 16.2. The summed E-state index contributed by atoms with van der Waals surface area (Å²) in [5.41, 5.74) is 0.150. The molecule has 3 amide bonds. The van der Waals surface area contributed by atoms with Gasteiger partial charge in [0.15, 0.2) is 0 Å². The van der Waals surface area contributed by atoms with Crippen molar-refractivity contribution in [3.63, 3.8) is 0 Å². The molecule has 2 aliphatic carbocycles. The topological polar surface area (TPSA) is 122 Å². The summed E-state index contributed by atoms with van der Waals surface area (Å²) in [6.45, 7) is 0.594. The van der Waals surface area contributed by atoms with E-state index >= 15 is 0 Å². The van der Waals surface area contributed by atoms with Gasteiger partial charge in [-0.3, -0.25) is 24.5 Å². The van der Waals surface area contributed by atoms with E-state index in [0.717, 1.165) is 24.2 Å². The molecule has 9 heteroatoms. The molecule has 0 aromatic heterocycles. The van der Waals surface area contributed by atoms with Crippen LogP contribution in [0.2, 0.25) is 0 Å². The third-order valence-corrected chi connectivity index (χ3v) is 6.77. The minimum absolute atomic E-state index is 0.0751. The normalized spacial score (nSPS) is 32.2. The number of carbonyl (C=O) groups excluding carboxylic acids is 3. The number of nitro groups is 1. The lowest BCUT2D eigenvalue weighted by Crippen LogP contribution is -2.38. The van der Waals surface area contributed by atoms with Gasteiger partial charge in [-0.1, -0.05) is 12.2 Å². The Bertz CT molecular complexity index is 960. The number of nitro benzene ring substituents is 1. The highest BCUT2D eigenvalue weighted by molar-refractivity contribution is 6.23. The van der Waals surface area contributed by atoms with Crippen LogP contribution >= 0.6 is 0 Å². The molecule has 1 aromatic carbocycles. The van der Waals surface area contributed by atoms with Gasteiger partial charge >= 0.3 is 0 Å². The van der Waals surface area contributed by atoms with Crippen molar-refractivity contribution in [2.24, 2.45) is 23.7 Å². The van der Waals surface area contributed by atoms with E-state index in [2.05, 4.69) is 10.6 Å². The van der Waals surface area contributed by atoms with Crippen LogP contribution in [0.3, 0.4) is 0 Å². The van der Waals surface area contributed by atoms with Crippen molar-refractivity contribution < 1.29 is 19.3 Å². The Hall–Kier alpha value is -3.23. The second-order valence-electron chi connectivity index (χ2n) is 8.45. The number of benzene rings is 1. The Kier molecular flexibility index (Phi) is 4.34. The van der Waals surface area contributed by atoms with Crippen molar-refractivity contribution in [3.05, 3.63) is 40.5 Å². The molecule has 4 aliphatic rings. The molecule has 0 spiro atoms. The predicted molar refractivity (Wildman–Crippen MR) is 108 cm³/mol. The third kappa shape index (κ3) is 2.79. The van der Waals surface area contributed by atoms with Crippen molar-refractivity contribution in [2.75, 3.05) is 16.8 Å². The average Bonchev–Trinajstić information content (AvgIpc) is 3.36. The number of amides is 3. The maximum atomic E-state index is 13.0. The largest absolute Gasteiger partial charge is 0.368 e. The maximum absolute atomic E-state index is 13.0. The van der Waals surface area contributed by atoms with Gasteiger partial charge in [0.2, 0.25) is 17.7 Å². The van der Waals surface area contributed by atoms with Gasteiger partial charge in [-0.05, 0) is 49.7 Å². The molecule has 5 rings (SSSR count). The quantitative estimate of drug-likeness (QED) is 0.339. The Labute approximate surface area is 172 Å². The highest BCUT2D eigenvalue weighted by Crippen LogP contribution is 2.53. The second kappa shape index (κ2) is 6.93. The molecule has 2 bridgehead atoms. The zero-order chi connectivity index (χ0) is 21.0. The number of anilines is 2. The number of hydrogen-bond acceptors (Lipinski definition) is 6. The lowest BCUT2D eigenvalue weighted by atomic mass is 9.85. The van der Waals surface area contributed by atoms with Crippen LogP contribution in [0.1, 0.15) is 25.7 Å². The molecule has 2 N–H and O–H groups in total. The van der Waals surface area contributed by atoms with Gasteiger partial charge in [0.05, 0.1) is 22.4 Å². The molecular weight excluding hydrogens is 388 g/mol. The lowest BCUT2D eigenvalue weighted by Gasteiger charge is -2.20. The van der Waals surface area contributed by atoms with Crippen molar-refractivity contribution in [3.8, 4) is 0 Å². The molecule has 1 saturated carbocycles. The zero-order valence-corrected chi connectivity index (χ0v) is 16.2. The van der Waals surface area contributed by atoms with Crippen LogP contribution in [0.5, 0.6) is 0 Å². The fourth-order valence-electron chi connectivity index (χ4n) is 5.35. The Morgan fingerprint density at radius 1 is 1.07 bits per heavy atom. The van der Waals surface area contributed by atoms with Crippen molar-refractivity contribution in [2.45, 2.75) is 31.7 Å². The van der Waals surface area contributed by atoms with Gasteiger partial charge in [0.25, 0.3) is 5.69 Å². The molecule has 1 aromatic rings. The van der Waals surface area contributed by atoms with E-state index in [0.29, 0.717) is 13.0 Å². The van der Waals surface area contributed by atoms with Gasteiger partial charge in [0.1, 0.15) is 11.7 Å². The summed E-state index contributed by atoms with van der Waals surface area (Å²) >= 11 is 0. The summed E-state index contributed by atoms with van der Waals surface area (Å²) in [5.74, 6) is -1.32. The third-order valence-electron chi connectivity index (χ3n) is 6.77. The number of nitrogens with zero attached hydrogens (tertiary/aromatic N) is 2. The standard InChI is InChI=1S/C21H22N4O5/c26-19-15(3-1-2-8-22-19)23-14-7-6-13(10-16(14)25(29)30)24-20(27)17-11-4-5-12(9-11)18(17)21(24)28/h4-7,10-12,15,17-18,23H,1-3,8-9H2,(H,22,26)/t11-,12-,15-,17-,18+/m0/s1. The van der Waals surface area contributed by atoms with Crippen LogP contribution in [0, 0.1) is 33.8 Å². The summed E-state index contributed by atoms with van der Waals surface area (Å²) in [5, 5.41) is 17.5. The van der Waals surface area contributed by atoms with Crippen LogP contribution < -0.4 is 15.5 Å². The Morgan fingerprint density at radius 3 is 2.43 bits per heavy atom. The van der Waals surface area contributed by atoms with E-state index in [-0.39, 0.29) is 58.5 Å². The van der Waals surface area contributed by atoms with Crippen molar-refractivity contribution in [1.29, 1.82) is 0 Å². The number of hydrogen-bond donors (Lipinski definition) is 2. The van der Waals surface area contributed by atoms with Gasteiger partial charge in [-0.15, -0.1) is 0 Å². The Morgan fingerprint density at radius 2 is 1.77 bits per heavy atom. The van der Waals surface area contributed by atoms with Crippen molar-refractivity contribution in [1.82, 2.24) is 5.32 Å². The molecule has 5 atom stereocenters. The molecule has 3 fully saturated rings. The minimum Gasteiger partial charge on any atom is -0.368 e. The minimum atomic E-state index is -0.562. The fourth-order valence-corrected chi connectivity index (χ4v) is 5.35. The maximum Gasteiger partial charge on any atom is 0.294 e. The van der Waals surface area contributed by atoms with Gasteiger partial charge in [0, 0.05) is 12.6 Å². The second-order valence-corrected chi connectivity index (χ2v) is 8.45. The van der Waals surface area contributed by atoms with Gasteiger partial charge in [-0.25, -0.2) is 4.90 Å². The average molecular weight is 410 g/mol. The van der Waals surface area contributed by atoms with Gasteiger partial charge < -0.3 is 10.6 Å². The highest BCUT2D eigenvalue weighted by atomic mass is 16.6. The number of carbonyl (C=O) groups is 3. The number of imide groups is 1. The Balaban J connectivity index is 1.44. The molecule has 2 saturated heterocycles. The fraction of sp³-hybridized carbons (Fsp3) is 0.476. The van der Waals surface area contributed by atoms with Crippen LogP contribution in [-0.2, 0) is 14.4 Å². The first-order chi connectivity index (χ1) is 14.5. The number of fused-ring (bicyclic) bond motifs is 5. The highest BCUT2D eigenvalue weighted by Gasteiger charge is 2.59. The lowest BCUT2D eigenvalue weighted by molar-refractivity contribution is -0.383. The van der Waals surface area contributed by atoms with Crippen LogP contribution in [0.25, 0.3) is 0 Å². The van der Waals surface area contributed by atoms with Crippen LogP contribution in [0.15, 0.2) is 30.4 Å². The molecule has 0 radical (unpaired) electrons. The van der Waals surface area contributed by atoms with E-state index in [1.165, 1.54) is 18.2 Å². The van der Waals surface area contributed by atoms with E-state index < -0.39 is 11.0 Å². The summed E-state index contributed by atoms with van der Waals surface area (Å²) in [7, 11) is 0. The molecule has 2 heterocycles.